The molecule has 0 aromatic heterocycles. The molecular formula is C19H21N3O9. The van der Waals surface area contributed by atoms with E-state index in [9.17, 15) is 35.5 Å². The number of anilines is 1. The Balaban J connectivity index is 1.87. The molecule has 0 spiro atoms. The summed E-state index contributed by atoms with van der Waals surface area (Å²) in [7, 11) is 0. The molecule has 5 atom stereocenters. The van der Waals surface area contributed by atoms with Crippen LogP contribution in [-0.2, 0) is 16.1 Å². The monoisotopic (exact) mass is 435 g/mol. The molecule has 2 aromatic rings. The Kier molecular flexibility index (Phi) is 7.09. The van der Waals surface area contributed by atoms with E-state index in [4.69, 9.17) is 9.47 Å². The lowest BCUT2D eigenvalue weighted by Crippen LogP contribution is -2.61. The van der Waals surface area contributed by atoms with Gasteiger partial charge < -0.3 is 30.1 Å². The van der Waals surface area contributed by atoms with Gasteiger partial charge in [0.05, 0.1) is 29.1 Å². The number of nitro benzene ring substituents is 2. The van der Waals surface area contributed by atoms with E-state index in [2.05, 4.69) is 5.32 Å². The standard InChI is InChI=1S/C19H21N3O9/c23-9-15-17(24)18(25)16(19(31-15)30-10-11-4-2-1-3-5-11)20-13-7-6-12(21(26)27)8-14(13)22(28)29/h1-8,15-20,23-25H,9-10H2/t15-,16+,17-,18+,19-/m1/s1. The second-order valence-corrected chi connectivity index (χ2v) is 6.89. The highest BCUT2D eigenvalue weighted by Gasteiger charge is 2.45. The van der Waals surface area contributed by atoms with Gasteiger partial charge in [0.15, 0.2) is 6.29 Å². The van der Waals surface area contributed by atoms with Crippen molar-refractivity contribution >= 4 is 17.1 Å². The van der Waals surface area contributed by atoms with Crippen LogP contribution in [0.15, 0.2) is 48.5 Å². The summed E-state index contributed by atoms with van der Waals surface area (Å²) in [6.45, 7) is -0.527. The minimum absolute atomic E-state index is 0.0625. The fourth-order valence-corrected chi connectivity index (χ4v) is 3.22. The summed E-state index contributed by atoms with van der Waals surface area (Å²) < 4.78 is 11.3. The Morgan fingerprint density at radius 2 is 1.74 bits per heavy atom. The number of non-ortho nitro benzene ring substituents is 1. The predicted octanol–water partition coefficient (Wildman–Crippen LogP) is 0.939. The summed E-state index contributed by atoms with van der Waals surface area (Å²) in [6.07, 6.45) is -5.37. The molecule has 0 aliphatic carbocycles. The number of hydrogen-bond acceptors (Lipinski definition) is 10. The van der Waals surface area contributed by atoms with E-state index in [0.29, 0.717) is 0 Å². The summed E-state index contributed by atoms with van der Waals surface area (Å²) in [5, 5.41) is 55.3. The summed E-state index contributed by atoms with van der Waals surface area (Å²) in [4.78, 5) is 20.8. The maximum Gasteiger partial charge on any atom is 0.299 e. The first kappa shape index (κ1) is 22.5. The Hall–Kier alpha value is -3.16. The van der Waals surface area contributed by atoms with Crippen molar-refractivity contribution in [3.8, 4) is 0 Å². The Morgan fingerprint density at radius 3 is 2.35 bits per heavy atom. The molecule has 0 bridgehead atoms. The molecular weight excluding hydrogens is 414 g/mol. The van der Waals surface area contributed by atoms with Crippen LogP contribution in [0.25, 0.3) is 0 Å². The molecule has 31 heavy (non-hydrogen) atoms. The summed E-state index contributed by atoms with van der Waals surface area (Å²) in [6, 6.07) is 10.8. The lowest BCUT2D eigenvalue weighted by Gasteiger charge is -2.42. The van der Waals surface area contributed by atoms with Gasteiger partial charge in [0, 0.05) is 6.07 Å². The number of aliphatic hydroxyl groups is 3. The zero-order valence-electron chi connectivity index (χ0n) is 16.1. The van der Waals surface area contributed by atoms with Gasteiger partial charge >= 0.3 is 0 Å². The number of benzene rings is 2. The average molecular weight is 435 g/mol. The van der Waals surface area contributed by atoms with Crippen molar-refractivity contribution in [1.82, 2.24) is 0 Å². The number of rotatable bonds is 8. The van der Waals surface area contributed by atoms with E-state index >= 15 is 0 Å². The average Bonchev–Trinajstić information content (AvgIpc) is 2.77. The van der Waals surface area contributed by atoms with Crippen LogP contribution >= 0.6 is 0 Å². The van der Waals surface area contributed by atoms with Gasteiger partial charge in [0.2, 0.25) is 0 Å². The molecule has 0 radical (unpaired) electrons. The Morgan fingerprint density at radius 1 is 1.03 bits per heavy atom. The molecule has 1 aliphatic heterocycles. The molecule has 0 unspecified atom stereocenters. The first-order chi connectivity index (χ1) is 14.8. The van der Waals surface area contributed by atoms with E-state index < -0.39 is 58.5 Å². The fraction of sp³-hybridized carbons (Fsp3) is 0.368. The summed E-state index contributed by atoms with van der Waals surface area (Å²) in [5.41, 5.74) is -0.421. The third-order valence-corrected chi connectivity index (χ3v) is 4.85. The molecule has 166 valence electrons. The van der Waals surface area contributed by atoms with Gasteiger partial charge in [0.25, 0.3) is 11.4 Å². The smallest absolute Gasteiger partial charge is 0.299 e. The zero-order chi connectivity index (χ0) is 22.5. The minimum atomic E-state index is -1.53. The van der Waals surface area contributed by atoms with E-state index in [1.807, 2.05) is 6.07 Å². The van der Waals surface area contributed by atoms with Crippen molar-refractivity contribution in [3.63, 3.8) is 0 Å². The number of nitrogens with one attached hydrogen (secondary N) is 1. The molecule has 12 heteroatoms. The van der Waals surface area contributed by atoms with Crippen molar-refractivity contribution in [3.05, 3.63) is 74.3 Å². The van der Waals surface area contributed by atoms with Crippen molar-refractivity contribution in [1.29, 1.82) is 0 Å². The first-order valence-electron chi connectivity index (χ1n) is 9.29. The maximum atomic E-state index is 11.4. The van der Waals surface area contributed by atoms with Gasteiger partial charge in [-0.3, -0.25) is 20.2 Å². The molecule has 1 heterocycles. The SMILES string of the molecule is O=[N+]([O-])c1ccc(N[C@@H]2[C@H](OCc3ccccc3)O[C@H](CO)[C@@H](O)[C@H]2O)c([N+](=O)[O-])c1. The van der Waals surface area contributed by atoms with Crippen LogP contribution in [0.3, 0.4) is 0 Å². The predicted molar refractivity (Wildman–Crippen MR) is 106 cm³/mol. The van der Waals surface area contributed by atoms with Gasteiger partial charge in [0.1, 0.15) is 30.0 Å². The van der Waals surface area contributed by atoms with Crippen molar-refractivity contribution in [2.45, 2.75) is 37.3 Å². The topological polar surface area (TPSA) is 177 Å². The van der Waals surface area contributed by atoms with Gasteiger partial charge in [-0.1, -0.05) is 30.3 Å². The largest absolute Gasteiger partial charge is 0.394 e. The molecule has 0 saturated carbocycles. The van der Waals surface area contributed by atoms with Crippen molar-refractivity contribution in [2.75, 3.05) is 11.9 Å². The van der Waals surface area contributed by atoms with Gasteiger partial charge in [-0.15, -0.1) is 0 Å². The second-order valence-electron chi connectivity index (χ2n) is 6.89. The molecule has 2 aromatic carbocycles. The lowest BCUT2D eigenvalue weighted by atomic mass is 9.96. The minimum Gasteiger partial charge on any atom is -0.394 e. The normalized spacial score (nSPS) is 25.7. The van der Waals surface area contributed by atoms with Crippen LogP contribution < -0.4 is 5.32 Å². The molecule has 4 N–H and O–H groups in total. The van der Waals surface area contributed by atoms with E-state index in [1.54, 1.807) is 24.3 Å². The molecule has 1 fully saturated rings. The Bertz CT molecular complexity index is 927. The Labute approximate surface area is 176 Å². The van der Waals surface area contributed by atoms with E-state index in [-0.39, 0.29) is 12.3 Å². The zero-order valence-corrected chi connectivity index (χ0v) is 16.1. The van der Waals surface area contributed by atoms with E-state index in [1.165, 1.54) is 0 Å². The van der Waals surface area contributed by atoms with Crippen LogP contribution in [-0.4, -0.2) is 62.4 Å². The highest BCUT2D eigenvalue weighted by Crippen LogP contribution is 2.32. The maximum absolute atomic E-state index is 11.4. The summed E-state index contributed by atoms with van der Waals surface area (Å²) >= 11 is 0. The number of nitro groups is 2. The van der Waals surface area contributed by atoms with Gasteiger partial charge in [-0.2, -0.15) is 0 Å². The second kappa shape index (κ2) is 9.76. The van der Waals surface area contributed by atoms with Gasteiger partial charge in [-0.05, 0) is 11.6 Å². The molecule has 12 nitrogen and oxygen atoms in total. The van der Waals surface area contributed by atoms with Crippen LogP contribution in [0.1, 0.15) is 5.56 Å². The third kappa shape index (κ3) is 5.13. The molecule has 1 saturated heterocycles. The lowest BCUT2D eigenvalue weighted by molar-refractivity contribution is -0.393. The van der Waals surface area contributed by atoms with Crippen molar-refractivity contribution in [2.24, 2.45) is 0 Å². The number of aliphatic hydroxyl groups excluding tert-OH is 3. The highest BCUT2D eigenvalue weighted by atomic mass is 16.7. The fourth-order valence-electron chi connectivity index (χ4n) is 3.22. The summed E-state index contributed by atoms with van der Waals surface area (Å²) in [5.74, 6) is 0. The number of nitrogens with zero attached hydrogens (tertiary/aromatic N) is 2. The number of hydrogen-bond donors (Lipinski definition) is 4. The third-order valence-electron chi connectivity index (χ3n) is 4.85. The number of ether oxygens (including phenoxy) is 2. The molecule has 1 aliphatic rings. The van der Waals surface area contributed by atoms with Gasteiger partial charge in [-0.25, -0.2) is 0 Å². The van der Waals surface area contributed by atoms with Crippen molar-refractivity contribution < 1.29 is 34.6 Å². The van der Waals surface area contributed by atoms with Crippen LogP contribution in [0.4, 0.5) is 17.1 Å². The highest BCUT2D eigenvalue weighted by molar-refractivity contribution is 5.65. The van der Waals surface area contributed by atoms with E-state index in [0.717, 1.165) is 23.8 Å². The van der Waals surface area contributed by atoms with Crippen LogP contribution in [0, 0.1) is 20.2 Å². The quantitative estimate of drug-likeness (QED) is 0.344. The molecule has 3 rings (SSSR count). The van der Waals surface area contributed by atoms with Crippen LogP contribution in [0.2, 0.25) is 0 Å². The first-order valence-corrected chi connectivity index (χ1v) is 9.29. The molecule has 0 amide bonds. The van der Waals surface area contributed by atoms with Crippen LogP contribution in [0.5, 0.6) is 0 Å².